The van der Waals surface area contributed by atoms with Crippen LogP contribution in [0.2, 0.25) is 0 Å². The van der Waals surface area contributed by atoms with E-state index in [4.69, 9.17) is 0 Å². The van der Waals surface area contributed by atoms with Crippen LogP contribution in [0.15, 0.2) is 72.6 Å². The number of phenolic OH excluding ortho intramolecular Hbond substituents is 1. The fourth-order valence-corrected chi connectivity index (χ4v) is 3.47. The number of anilines is 2. The number of hydrogen-bond donors (Lipinski definition) is 3. The van der Waals surface area contributed by atoms with Gasteiger partial charge in [-0.1, -0.05) is 12.1 Å². The molecule has 1 amide bonds. The lowest BCUT2D eigenvalue weighted by molar-refractivity contribution is 0.0950. The highest BCUT2D eigenvalue weighted by atomic mass is 32.1. The summed E-state index contributed by atoms with van der Waals surface area (Å²) >= 11 is 1.38. The Labute approximate surface area is 171 Å². The van der Waals surface area contributed by atoms with Gasteiger partial charge in [-0.25, -0.2) is 9.97 Å². The minimum Gasteiger partial charge on any atom is -0.508 e. The van der Waals surface area contributed by atoms with Crippen LogP contribution in [0, 0.1) is 0 Å². The normalized spacial score (nSPS) is 10.6. The molecule has 0 spiro atoms. The molecule has 0 aliphatic rings. The zero-order valence-electron chi connectivity index (χ0n) is 15.4. The molecule has 0 saturated heterocycles. The van der Waals surface area contributed by atoms with Gasteiger partial charge in [0.1, 0.15) is 11.4 Å². The molecule has 2 aromatic heterocycles. The van der Waals surface area contributed by atoms with Gasteiger partial charge < -0.3 is 20.3 Å². The first-order chi connectivity index (χ1) is 14.2. The van der Waals surface area contributed by atoms with E-state index >= 15 is 0 Å². The van der Waals surface area contributed by atoms with E-state index in [-0.39, 0.29) is 11.7 Å². The molecule has 4 aromatic rings. The molecule has 0 atom stereocenters. The van der Waals surface area contributed by atoms with Crippen LogP contribution in [0.5, 0.6) is 5.75 Å². The second kappa shape index (κ2) is 8.57. The van der Waals surface area contributed by atoms with E-state index in [9.17, 15) is 9.90 Å². The summed E-state index contributed by atoms with van der Waals surface area (Å²) in [5.41, 5.74) is 3.34. The number of aromatic nitrogens is 3. The van der Waals surface area contributed by atoms with E-state index in [1.807, 2.05) is 47.2 Å². The molecule has 0 aliphatic heterocycles. The largest absolute Gasteiger partial charge is 0.508 e. The summed E-state index contributed by atoms with van der Waals surface area (Å²) in [4.78, 5) is 20.7. The number of benzene rings is 2. The minimum atomic E-state index is -0.205. The number of carbonyl (C=O) groups is 1. The van der Waals surface area contributed by atoms with Crippen LogP contribution < -0.4 is 10.6 Å². The Balaban J connectivity index is 1.30. The van der Waals surface area contributed by atoms with E-state index in [1.54, 1.807) is 30.0 Å². The van der Waals surface area contributed by atoms with Crippen LogP contribution in [0.1, 0.15) is 16.1 Å². The summed E-state index contributed by atoms with van der Waals surface area (Å²) in [6.07, 6.45) is 6.05. The third-order valence-electron chi connectivity index (χ3n) is 4.29. The highest BCUT2D eigenvalue weighted by molar-refractivity contribution is 7.14. The molecule has 7 nitrogen and oxygen atoms in total. The van der Waals surface area contributed by atoms with Crippen molar-refractivity contribution in [2.45, 2.75) is 6.42 Å². The highest BCUT2D eigenvalue weighted by Gasteiger charge is 2.10. The SMILES string of the molecule is O=C(NCCc1ccc(O)cc1)c1csc(Nc2ccc(-n3ccnc3)cc2)n1. The van der Waals surface area contributed by atoms with Crippen molar-refractivity contribution in [1.29, 1.82) is 0 Å². The van der Waals surface area contributed by atoms with Crippen LogP contribution in [-0.2, 0) is 6.42 Å². The van der Waals surface area contributed by atoms with Crippen molar-refractivity contribution in [3.05, 3.63) is 83.9 Å². The molecule has 29 heavy (non-hydrogen) atoms. The second-order valence-electron chi connectivity index (χ2n) is 6.35. The summed E-state index contributed by atoms with van der Waals surface area (Å²) in [5.74, 6) is 0.0280. The molecule has 0 aliphatic carbocycles. The Morgan fingerprint density at radius 2 is 1.90 bits per heavy atom. The van der Waals surface area contributed by atoms with E-state index < -0.39 is 0 Å². The molecule has 146 valence electrons. The first-order valence-corrected chi connectivity index (χ1v) is 9.92. The van der Waals surface area contributed by atoms with Crippen molar-refractivity contribution in [2.75, 3.05) is 11.9 Å². The first kappa shape index (κ1) is 18.7. The molecule has 3 N–H and O–H groups in total. The van der Waals surface area contributed by atoms with Crippen LogP contribution in [-0.4, -0.2) is 32.1 Å². The van der Waals surface area contributed by atoms with Gasteiger partial charge in [-0.3, -0.25) is 4.79 Å². The zero-order valence-corrected chi connectivity index (χ0v) is 16.3. The lowest BCUT2D eigenvalue weighted by Gasteiger charge is -2.05. The number of nitrogens with zero attached hydrogens (tertiary/aromatic N) is 3. The summed E-state index contributed by atoms with van der Waals surface area (Å²) in [5, 5.41) is 17.8. The van der Waals surface area contributed by atoms with Gasteiger partial charge in [-0.15, -0.1) is 11.3 Å². The Kier molecular flexibility index (Phi) is 5.53. The van der Waals surface area contributed by atoms with E-state index in [2.05, 4.69) is 20.6 Å². The third kappa shape index (κ3) is 4.80. The van der Waals surface area contributed by atoms with Gasteiger partial charge in [-0.05, 0) is 48.4 Å². The summed E-state index contributed by atoms with van der Waals surface area (Å²) in [7, 11) is 0. The summed E-state index contributed by atoms with van der Waals surface area (Å²) < 4.78 is 1.92. The molecule has 0 saturated carbocycles. The number of amides is 1. The number of rotatable bonds is 7. The topological polar surface area (TPSA) is 92.1 Å². The molecule has 0 radical (unpaired) electrons. The van der Waals surface area contributed by atoms with Gasteiger partial charge in [0.05, 0.1) is 6.33 Å². The van der Waals surface area contributed by atoms with Crippen LogP contribution in [0.3, 0.4) is 0 Å². The van der Waals surface area contributed by atoms with Gasteiger partial charge >= 0.3 is 0 Å². The van der Waals surface area contributed by atoms with Gasteiger partial charge in [0, 0.05) is 35.7 Å². The molecule has 4 rings (SSSR count). The van der Waals surface area contributed by atoms with Crippen molar-refractivity contribution in [3.8, 4) is 11.4 Å². The van der Waals surface area contributed by atoms with Crippen molar-refractivity contribution in [2.24, 2.45) is 0 Å². The van der Waals surface area contributed by atoms with Crippen molar-refractivity contribution in [1.82, 2.24) is 19.9 Å². The molecule has 8 heteroatoms. The maximum absolute atomic E-state index is 12.3. The Morgan fingerprint density at radius 3 is 2.62 bits per heavy atom. The third-order valence-corrected chi connectivity index (χ3v) is 5.05. The Bertz CT molecular complexity index is 1070. The van der Waals surface area contributed by atoms with Crippen LogP contribution >= 0.6 is 11.3 Å². The second-order valence-corrected chi connectivity index (χ2v) is 7.21. The quantitative estimate of drug-likeness (QED) is 0.436. The van der Waals surface area contributed by atoms with Crippen LogP contribution in [0.4, 0.5) is 10.8 Å². The summed E-state index contributed by atoms with van der Waals surface area (Å²) in [6.45, 7) is 0.500. The number of carbonyl (C=O) groups excluding carboxylic acids is 1. The molecule has 2 heterocycles. The smallest absolute Gasteiger partial charge is 0.270 e. The van der Waals surface area contributed by atoms with Gasteiger partial charge in [0.25, 0.3) is 5.91 Å². The van der Waals surface area contributed by atoms with Gasteiger partial charge in [-0.2, -0.15) is 0 Å². The first-order valence-electron chi connectivity index (χ1n) is 9.04. The Hall–Kier alpha value is -3.65. The molecule has 2 aromatic carbocycles. The summed E-state index contributed by atoms with van der Waals surface area (Å²) in [6, 6.07) is 14.8. The Morgan fingerprint density at radius 1 is 1.10 bits per heavy atom. The van der Waals surface area contributed by atoms with E-state index in [1.165, 1.54) is 11.3 Å². The minimum absolute atomic E-state index is 0.205. The molecular weight excluding hydrogens is 386 g/mol. The number of nitrogens with one attached hydrogen (secondary N) is 2. The maximum Gasteiger partial charge on any atom is 0.270 e. The van der Waals surface area contributed by atoms with Gasteiger partial charge in [0.15, 0.2) is 5.13 Å². The lowest BCUT2D eigenvalue weighted by Crippen LogP contribution is -2.25. The zero-order chi connectivity index (χ0) is 20.1. The number of aromatic hydroxyl groups is 1. The van der Waals surface area contributed by atoms with Crippen molar-refractivity contribution in [3.63, 3.8) is 0 Å². The van der Waals surface area contributed by atoms with E-state index in [0.717, 1.165) is 16.9 Å². The van der Waals surface area contributed by atoms with Crippen molar-refractivity contribution < 1.29 is 9.90 Å². The van der Waals surface area contributed by atoms with Crippen molar-refractivity contribution >= 4 is 28.1 Å². The predicted octanol–water partition coefficient (Wildman–Crippen LogP) is 3.75. The standard InChI is InChI=1S/C21H19N5O2S/c27-18-7-1-15(2-8-18)9-10-23-20(28)19-13-29-21(25-19)24-16-3-5-17(6-4-16)26-12-11-22-14-26/h1-8,11-14,27H,9-10H2,(H,23,28)(H,24,25). The fraction of sp³-hybridized carbons (Fsp3) is 0.0952. The number of thiazole rings is 1. The van der Waals surface area contributed by atoms with Gasteiger partial charge in [0.2, 0.25) is 0 Å². The molecular formula is C21H19N5O2S. The number of imidazole rings is 1. The predicted molar refractivity (Wildman–Crippen MR) is 113 cm³/mol. The van der Waals surface area contributed by atoms with Crippen LogP contribution in [0.25, 0.3) is 5.69 Å². The molecule has 0 bridgehead atoms. The average Bonchev–Trinajstić information content (AvgIpc) is 3.42. The maximum atomic E-state index is 12.3. The lowest BCUT2D eigenvalue weighted by atomic mass is 10.1. The molecule has 0 unspecified atom stereocenters. The van der Waals surface area contributed by atoms with E-state index in [0.29, 0.717) is 23.8 Å². The fourth-order valence-electron chi connectivity index (χ4n) is 2.76. The number of hydrogen-bond acceptors (Lipinski definition) is 6. The highest BCUT2D eigenvalue weighted by Crippen LogP contribution is 2.22. The molecule has 0 fully saturated rings. The number of phenols is 1. The average molecular weight is 405 g/mol. The monoisotopic (exact) mass is 405 g/mol.